The van der Waals surface area contributed by atoms with E-state index in [9.17, 15) is 43.5 Å². The monoisotopic (exact) mass is 742 g/mol. The quantitative estimate of drug-likeness (QED) is 0.119. The van der Waals surface area contributed by atoms with Gasteiger partial charge in [0.05, 0.1) is 19.2 Å². The van der Waals surface area contributed by atoms with Gasteiger partial charge in [-0.05, 0) is 54.9 Å². The number of benzene rings is 1. The van der Waals surface area contributed by atoms with Gasteiger partial charge in [0.15, 0.2) is 6.04 Å². The van der Waals surface area contributed by atoms with Crippen LogP contribution >= 0.6 is 0 Å². The molecule has 1 saturated carbocycles. The van der Waals surface area contributed by atoms with E-state index in [4.69, 9.17) is 4.74 Å². The van der Waals surface area contributed by atoms with Crippen LogP contribution in [0, 0.1) is 23.7 Å². The summed E-state index contributed by atoms with van der Waals surface area (Å²) in [6, 6.07) is 4.22. The first-order chi connectivity index (χ1) is 25.0. The number of ether oxygens (including phenoxy) is 1. The highest BCUT2D eigenvalue weighted by atomic mass is 16.5. The van der Waals surface area contributed by atoms with Gasteiger partial charge >= 0.3 is 12.1 Å². The number of hydrogen-bond acceptors (Lipinski definition) is 9. The molecule has 6 amide bonds. The van der Waals surface area contributed by atoms with Crippen LogP contribution in [0.25, 0.3) is 0 Å². The number of carbonyl (C=O) groups is 8. The molecule has 3 rings (SSSR count). The van der Waals surface area contributed by atoms with E-state index in [2.05, 4.69) is 26.6 Å². The van der Waals surface area contributed by atoms with Crippen molar-refractivity contribution in [2.75, 3.05) is 26.2 Å². The number of hydrogen-bond donors (Lipinski definition) is 6. The van der Waals surface area contributed by atoms with Gasteiger partial charge in [0.1, 0.15) is 11.6 Å². The number of carbonyl (C=O) groups excluding carboxylic acids is 7. The van der Waals surface area contributed by atoms with Crippen molar-refractivity contribution in [2.45, 2.75) is 97.3 Å². The van der Waals surface area contributed by atoms with Crippen LogP contribution < -0.4 is 26.6 Å². The van der Waals surface area contributed by atoms with Crippen molar-refractivity contribution in [3.05, 3.63) is 35.9 Å². The number of nitrogens with zero attached hydrogens (tertiary/aromatic N) is 1. The molecule has 1 saturated heterocycles. The number of Topliss-reactive ketones (excluding diaryl/α,β-unsaturated/α-hetero) is 1. The summed E-state index contributed by atoms with van der Waals surface area (Å²) in [5, 5.41) is 22.3. The molecule has 0 radical (unpaired) electrons. The van der Waals surface area contributed by atoms with Gasteiger partial charge in [0, 0.05) is 20.0 Å². The van der Waals surface area contributed by atoms with Crippen molar-refractivity contribution in [3.63, 3.8) is 0 Å². The van der Waals surface area contributed by atoms with E-state index in [1.807, 2.05) is 27.7 Å². The summed E-state index contributed by atoms with van der Waals surface area (Å²) < 4.78 is 5.30. The van der Waals surface area contributed by atoms with Crippen molar-refractivity contribution < 1.29 is 48.2 Å². The van der Waals surface area contributed by atoms with Crippen LogP contribution in [-0.4, -0.2) is 101 Å². The van der Waals surface area contributed by atoms with Crippen molar-refractivity contribution in [1.82, 2.24) is 31.5 Å². The highest BCUT2D eigenvalue weighted by molar-refractivity contribution is 6.38. The molecule has 16 heteroatoms. The molecule has 0 aromatic heterocycles. The second kappa shape index (κ2) is 19.2. The molecule has 1 aromatic rings. The summed E-state index contributed by atoms with van der Waals surface area (Å²) in [4.78, 5) is 105. The third-order valence-corrected chi connectivity index (χ3v) is 9.65. The maximum absolute atomic E-state index is 14.0. The second-order valence-electron chi connectivity index (χ2n) is 14.6. The summed E-state index contributed by atoms with van der Waals surface area (Å²) in [7, 11) is 0. The number of nitrogens with one attached hydrogen (secondary N) is 5. The number of rotatable bonds is 18. The van der Waals surface area contributed by atoms with Gasteiger partial charge in [-0.15, -0.1) is 0 Å². The summed E-state index contributed by atoms with van der Waals surface area (Å²) in [5.41, 5.74) is -1.12. The lowest BCUT2D eigenvalue weighted by Gasteiger charge is -2.36. The largest absolute Gasteiger partial charge is 0.479 e. The summed E-state index contributed by atoms with van der Waals surface area (Å²) >= 11 is 0. The molecule has 16 nitrogen and oxygen atoms in total. The van der Waals surface area contributed by atoms with Crippen LogP contribution in [0.1, 0.15) is 85.3 Å². The fourth-order valence-electron chi connectivity index (χ4n) is 6.60. The first-order valence-electron chi connectivity index (χ1n) is 18.2. The number of piperidine rings is 1. The van der Waals surface area contributed by atoms with Crippen molar-refractivity contribution in [2.24, 2.45) is 23.7 Å². The smallest absolute Gasteiger partial charge is 0.407 e. The van der Waals surface area contributed by atoms with Gasteiger partial charge in [-0.25, -0.2) is 9.59 Å². The molecule has 1 aliphatic carbocycles. The third kappa shape index (κ3) is 11.7. The number of amides is 6. The molecule has 2 fully saturated rings. The van der Waals surface area contributed by atoms with Crippen LogP contribution in [0.3, 0.4) is 0 Å². The number of alkyl carbamates (subject to hydrolysis) is 1. The second-order valence-corrected chi connectivity index (χ2v) is 14.6. The molecule has 1 heterocycles. The minimum Gasteiger partial charge on any atom is -0.479 e. The number of likely N-dealkylation sites (tertiary alicyclic amines) is 1. The molecule has 2 aliphatic rings. The SMILES string of the molecule is CCCC(NC(=O)[C@@]1(NC(=O)C(NC(=O)OCC(C)C)C2CCN(C(C)=O)CC2)C[C@H]1C(C)C)C(=O)C(=O)NCC(=O)NC(C(=O)O)c1ccccc1. The van der Waals surface area contributed by atoms with Crippen LogP contribution in [0.15, 0.2) is 30.3 Å². The molecular formula is C37H54N6O10. The first kappa shape index (κ1) is 42.4. The molecule has 6 N–H and O–H groups in total. The third-order valence-electron chi connectivity index (χ3n) is 9.65. The molecule has 1 aliphatic heterocycles. The zero-order valence-electron chi connectivity index (χ0n) is 31.4. The summed E-state index contributed by atoms with van der Waals surface area (Å²) in [6.45, 7) is 11.0. The normalized spacial score (nSPS) is 20.0. The Hall–Kier alpha value is -5.02. The van der Waals surface area contributed by atoms with Crippen LogP contribution in [0.4, 0.5) is 4.79 Å². The molecule has 53 heavy (non-hydrogen) atoms. The highest BCUT2D eigenvalue weighted by Gasteiger charge is 2.63. The number of aliphatic carboxylic acids is 1. The average molecular weight is 743 g/mol. The number of ketones is 1. The molecule has 1 aromatic carbocycles. The fraction of sp³-hybridized carbons (Fsp3) is 0.622. The van der Waals surface area contributed by atoms with E-state index in [0.717, 1.165) is 0 Å². The minimum absolute atomic E-state index is 0.0546. The van der Waals surface area contributed by atoms with Crippen LogP contribution in [0.2, 0.25) is 0 Å². The maximum atomic E-state index is 14.0. The Kier molecular flexibility index (Phi) is 15.3. The number of carboxylic acid groups (broad SMARTS) is 1. The topological polar surface area (TPSA) is 229 Å². The first-order valence-corrected chi connectivity index (χ1v) is 18.2. The lowest BCUT2D eigenvalue weighted by molar-refractivity contribution is -0.143. The van der Waals surface area contributed by atoms with Gasteiger partial charge < -0.3 is 41.3 Å². The Morgan fingerprint density at radius 1 is 0.943 bits per heavy atom. The van der Waals surface area contributed by atoms with E-state index in [-0.39, 0.29) is 49.0 Å². The van der Waals surface area contributed by atoms with Crippen molar-refractivity contribution in [3.8, 4) is 0 Å². The minimum atomic E-state index is -1.43. The van der Waals surface area contributed by atoms with E-state index in [1.54, 1.807) is 30.0 Å². The number of carboxylic acids is 1. The Morgan fingerprint density at radius 3 is 2.11 bits per heavy atom. The zero-order valence-corrected chi connectivity index (χ0v) is 31.4. The Labute approximate surface area is 309 Å². The van der Waals surface area contributed by atoms with E-state index >= 15 is 0 Å². The van der Waals surface area contributed by atoms with Gasteiger partial charge in [-0.1, -0.05) is 71.4 Å². The fourth-order valence-corrected chi connectivity index (χ4v) is 6.60. The lowest BCUT2D eigenvalue weighted by Crippen LogP contribution is -2.61. The Balaban J connectivity index is 1.72. The van der Waals surface area contributed by atoms with Gasteiger partial charge in [-0.3, -0.25) is 28.8 Å². The average Bonchev–Trinajstić information content (AvgIpc) is 3.86. The molecule has 3 unspecified atom stereocenters. The summed E-state index contributed by atoms with van der Waals surface area (Å²) in [6.07, 6.45) is 0.807. The zero-order chi connectivity index (χ0) is 39.5. The van der Waals surface area contributed by atoms with Gasteiger partial charge in [0.2, 0.25) is 29.4 Å². The predicted octanol–water partition coefficient (Wildman–Crippen LogP) is 1.44. The molecule has 0 spiro atoms. The van der Waals surface area contributed by atoms with E-state index in [1.165, 1.54) is 19.1 Å². The van der Waals surface area contributed by atoms with Crippen molar-refractivity contribution in [1.29, 1.82) is 0 Å². The molecular weight excluding hydrogens is 688 g/mol. The Bertz CT molecular complexity index is 1510. The Morgan fingerprint density at radius 2 is 1.58 bits per heavy atom. The van der Waals surface area contributed by atoms with Crippen LogP contribution in [-0.2, 0) is 38.3 Å². The molecule has 0 bridgehead atoms. The van der Waals surface area contributed by atoms with Crippen molar-refractivity contribution >= 4 is 47.4 Å². The maximum Gasteiger partial charge on any atom is 0.407 e. The predicted molar refractivity (Wildman–Crippen MR) is 192 cm³/mol. The van der Waals surface area contributed by atoms with Crippen LogP contribution in [0.5, 0.6) is 0 Å². The molecule has 5 atom stereocenters. The van der Waals surface area contributed by atoms with E-state index in [0.29, 0.717) is 37.9 Å². The van der Waals surface area contributed by atoms with Gasteiger partial charge in [0.25, 0.3) is 5.91 Å². The van der Waals surface area contributed by atoms with E-state index < -0.39 is 71.7 Å². The highest BCUT2D eigenvalue weighted by Crippen LogP contribution is 2.49. The molecule has 292 valence electrons. The summed E-state index contributed by atoms with van der Waals surface area (Å²) in [5.74, 6) is -6.38. The lowest BCUT2D eigenvalue weighted by atomic mass is 9.88. The van der Waals surface area contributed by atoms with Gasteiger partial charge in [-0.2, -0.15) is 0 Å². The standard InChI is InChI=1S/C37H54N6O10/c1-7-11-27(31(46)33(48)38-19-28(45)40-30(34(49)50)24-12-9-8-10-13-24)39-35(51)37(18-26(37)22(4)5)42-32(47)29(41-36(52)53-20-21(2)3)25-14-16-43(17-15-25)23(6)44/h8-10,12-13,21-22,25-27,29-30H,7,11,14-20H2,1-6H3,(H,38,48)(H,39,51)(H,40,45)(H,41,52)(H,42,47)(H,49,50)/t26-,27?,29?,30?,37+/m0/s1.